The van der Waals surface area contributed by atoms with Crippen LogP contribution in [0.1, 0.15) is 6.92 Å². The SMILES string of the molecule is CC(O)(Cn1ccc(=O)c([N+](=O)[O-])c1)C(=O)O. The maximum atomic E-state index is 11.1. The van der Waals surface area contributed by atoms with E-state index in [-0.39, 0.29) is 0 Å². The van der Waals surface area contributed by atoms with Gasteiger partial charge >= 0.3 is 11.7 Å². The number of hydrogen-bond acceptors (Lipinski definition) is 5. The molecule has 1 atom stereocenters. The Hall–Kier alpha value is -2.22. The van der Waals surface area contributed by atoms with Crippen molar-refractivity contribution in [2.24, 2.45) is 0 Å². The van der Waals surface area contributed by atoms with E-state index in [1.165, 1.54) is 6.20 Å². The number of carbonyl (C=O) groups is 1. The van der Waals surface area contributed by atoms with Gasteiger partial charge in [0.1, 0.15) is 0 Å². The number of nitrogens with zero attached hydrogens (tertiary/aromatic N) is 2. The molecule has 0 aliphatic rings. The van der Waals surface area contributed by atoms with E-state index in [9.17, 15) is 24.8 Å². The number of carboxylic acid groups (broad SMARTS) is 1. The molecule has 8 nitrogen and oxygen atoms in total. The quantitative estimate of drug-likeness (QED) is 0.546. The summed E-state index contributed by atoms with van der Waals surface area (Å²) in [6, 6.07) is 0.941. The number of aliphatic carboxylic acids is 1. The number of carboxylic acids is 1. The van der Waals surface area contributed by atoms with Gasteiger partial charge in [0, 0.05) is 12.3 Å². The summed E-state index contributed by atoms with van der Waals surface area (Å²) in [4.78, 5) is 31.4. The molecule has 0 spiro atoms. The van der Waals surface area contributed by atoms with Crippen LogP contribution in [0, 0.1) is 10.1 Å². The second-order valence-electron chi connectivity index (χ2n) is 3.70. The fourth-order valence-electron chi connectivity index (χ4n) is 1.17. The van der Waals surface area contributed by atoms with Gasteiger partial charge in [0.15, 0.2) is 5.60 Å². The normalized spacial score (nSPS) is 14.0. The predicted molar refractivity (Wildman–Crippen MR) is 55.6 cm³/mol. The molecular formula is C9H10N2O6. The van der Waals surface area contributed by atoms with Crippen LogP contribution in [-0.2, 0) is 11.3 Å². The molecule has 0 aromatic carbocycles. The highest BCUT2D eigenvalue weighted by molar-refractivity contribution is 5.76. The van der Waals surface area contributed by atoms with Gasteiger partial charge in [0.25, 0.3) is 5.43 Å². The summed E-state index contributed by atoms with van der Waals surface area (Å²) in [5.41, 5.74) is -3.52. The van der Waals surface area contributed by atoms with E-state index in [0.717, 1.165) is 23.8 Å². The van der Waals surface area contributed by atoms with Crippen molar-refractivity contribution in [1.82, 2.24) is 4.57 Å². The van der Waals surface area contributed by atoms with Crippen molar-refractivity contribution in [3.05, 3.63) is 38.8 Å². The Balaban J connectivity index is 3.10. The number of aromatic nitrogens is 1. The molecule has 0 amide bonds. The highest BCUT2D eigenvalue weighted by Crippen LogP contribution is 2.09. The average Bonchev–Trinajstić information content (AvgIpc) is 2.20. The van der Waals surface area contributed by atoms with Crippen molar-refractivity contribution >= 4 is 11.7 Å². The Labute approximate surface area is 94.9 Å². The highest BCUT2D eigenvalue weighted by atomic mass is 16.6. The minimum atomic E-state index is -2.07. The Morgan fingerprint density at radius 1 is 1.65 bits per heavy atom. The molecule has 1 unspecified atom stereocenters. The topological polar surface area (TPSA) is 123 Å². The Bertz CT molecular complexity index is 518. The molecule has 0 saturated carbocycles. The van der Waals surface area contributed by atoms with Crippen LogP contribution in [0.3, 0.4) is 0 Å². The lowest BCUT2D eigenvalue weighted by Gasteiger charge is -2.19. The van der Waals surface area contributed by atoms with Crippen molar-refractivity contribution in [2.75, 3.05) is 0 Å². The number of pyridine rings is 1. The molecule has 1 aromatic rings. The smallest absolute Gasteiger partial charge is 0.337 e. The van der Waals surface area contributed by atoms with Crippen LogP contribution in [0.15, 0.2) is 23.3 Å². The van der Waals surface area contributed by atoms with E-state index in [1.54, 1.807) is 0 Å². The molecule has 1 heterocycles. The fraction of sp³-hybridized carbons (Fsp3) is 0.333. The summed E-state index contributed by atoms with van der Waals surface area (Å²) >= 11 is 0. The zero-order valence-electron chi connectivity index (χ0n) is 8.86. The van der Waals surface area contributed by atoms with Crippen molar-refractivity contribution in [3.63, 3.8) is 0 Å². The van der Waals surface area contributed by atoms with E-state index >= 15 is 0 Å². The third-order valence-corrected chi connectivity index (χ3v) is 2.11. The zero-order valence-corrected chi connectivity index (χ0v) is 8.86. The second kappa shape index (κ2) is 4.34. The van der Waals surface area contributed by atoms with Crippen molar-refractivity contribution < 1.29 is 19.9 Å². The molecule has 0 aliphatic heterocycles. The Morgan fingerprint density at radius 3 is 2.71 bits per heavy atom. The van der Waals surface area contributed by atoms with Crippen LogP contribution in [0.2, 0.25) is 0 Å². The van der Waals surface area contributed by atoms with Crippen LogP contribution in [0.4, 0.5) is 5.69 Å². The first-order valence-electron chi connectivity index (χ1n) is 4.54. The Kier molecular flexibility index (Phi) is 3.28. The standard InChI is InChI=1S/C9H10N2O6/c1-9(15,8(13)14)5-10-3-2-7(12)6(4-10)11(16)17/h2-4,15H,5H2,1H3,(H,13,14). The first-order valence-corrected chi connectivity index (χ1v) is 4.54. The number of rotatable bonds is 4. The molecule has 0 radical (unpaired) electrons. The number of aliphatic hydroxyl groups is 1. The van der Waals surface area contributed by atoms with Gasteiger partial charge < -0.3 is 14.8 Å². The van der Waals surface area contributed by atoms with E-state index in [1.807, 2.05) is 0 Å². The maximum absolute atomic E-state index is 11.1. The number of hydrogen-bond donors (Lipinski definition) is 2. The van der Waals surface area contributed by atoms with Gasteiger partial charge in [0.2, 0.25) is 0 Å². The Morgan fingerprint density at radius 2 is 2.24 bits per heavy atom. The van der Waals surface area contributed by atoms with Gasteiger partial charge in [-0.25, -0.2) is 4.79 Å². The molecule has 0 aliphatic carbocycles. The van der Waals surface area contributed by atoms with Crippen molar-refractivity contribution in [3.8, 4) is 0 Å². The summed E-state index contributed by atoms with van der Waals surface area (Å²) in [6.07, 6.45) is 2.06. The predicted octanol–water partition coefficient (Wildman–Crippen LogP) is -0.408. The summed E-state index contributed by atoms with van der Waals surface area (Å²) in [5, 5.41) is 28.6. The third-order valence-electron chi connectivity index (χ3n) is 2.11. The summed E-state index contributed by atoms with van der Waals surface area (Å²) in [5.74, 6) is -1.46. The second-order valence-corrected chi connectivity index (χ2v) is 3.70. The van der Waals surface area contributed by atoms with Crippen LogP contribution in [0.5, 0.6) is 0 Å². The van der Waals surface area contributed by atoms with E-state index in [4.69, 9.17) is 5.11 Å². The van der Waals surface area contributed by atoms with Gasteiger partial charge in [-0.2, -0.15) is 0 Å². The third kappa shape index (κ3) is 2.88. The van der Waals surface area contributed by atoms with E-state index < -0.39 is 34.2 Å². The molecule has 1 aromatic heterocycles. The molecule has 0 bridgehead atoms. The lowest BCUT2D eigenvalue weighted by atomic mass is 10.1. The van der Waals surface area contributed by atoms with Gasteiger partial charge in [-0.05, 0) is 6.92 Å². The van der Waals surface area contributed by atoms with E-state index in [2.05, 4.69) is 0 Å². The lowest BCUT2D eigenvalue weighted by Crippen LogP contribution is -2.39. The summed E-state index contributed by atoms with van der Waals surface area (Å²) in [7, 11) is 0. The first kappa shape index (κ1) is 12.8. The van der Waals surface area contributed by atoms with Crippen LogP contribution >= 0.6 is 0 Å². The highest BCUT2D eigenvalue weighted by Gasteiger charge is 2.30. The minimum absolute atomic E-state index is 0.399. The largest absolute Gasteiger partial charge is 0.479 e. The van der Waals surface area contributed by atoms with Crippen LogP contribution in [0.25, 0.3) is 0 Å². The van der Waals surface area contributed by atoms with Crippen molar-refractivity contribution in [2.45, 2.75) is 19.1 Å². The van der Waals surface area contributed by atoms with Gasteiger partial charge in [-0.1, -0.05) is 0 Å². The van der Waals surface area contributed by atoms with Crippen LogP contribution in [-0.4, -0.2) is 31.3 Å². The average molecular weight is 242 g/mol. The van der Waals surface area contributed by atoms with Gasteiger partial charge in [-0.3, -0.25) is 14.9 Å². The molecule has 17 heavy (non-hydrogen) atoms. The molecule has 2 N–H and O–H groups in total. The molecule has 92 valence electrons. The molecule has 1 rings (SSSR count). The minimum Gasteiger partial charge on any atom is -0.479 e. The van der Waals surface area contributed by atoms with Crippen molar-refractivity contribution in [1.29, 1.82) is 0 Å². The fourth-order valence-corrected chi connectivity index (χ4v) is 1.17. The molecular weight excluding hydrogens is 232 g/mol. The van der Waals surface area contributed by atoms with Gasteiger partial charge in [-0.15, -0.1) is 0 Å². The van der Waals surface area contributed by atoms with E-state index in [0.29, 0.717) is 0 Å². The zero-order chi connectivity index (χ0) is 13.2. The molecule has 0 saturated heterocycles. The lowest BCUT2D eigenvalue weighted by molar-refractivity contribution is -0.386. The van der Waals surface area contributed by atoms with Gasteiger partial charge in [0.05, 0.1) is 17.7 Å². The molecule has 0 fully saturated rings. The number of nitro groups is 1. The van der Waals surface area contributed by atoms with Crippen LogP contribution < -0.4 is 5.43 Å². The summed E-state index contributed by atoms with van der Waals surface area (Å²) < 4.78 is 1.08. The maximum Gasteiger partial charge on any atom is 0.337 e. The monoisotopic (exact) mass is 242 g/mol. The molecule has 8 heteroatoms. The first-order chi connectivity index (χ1) is 7.74. The summed E-state index contributed by atoms with van der Waals surface area (Å²) in [6.45, 7) is 0.655.